The lowest BCUT2D eigenvalue weighted by molar-refractivity contribution is -0.798. The fourth-order valence-corrected chi connectivity index (χ4v) is 8.57. The van der Waals surface area contributed by atoms with Gasteiger partial charge >= 0.3 is 0 Å². The predicted molar refractivity (Wildman–Crippen MR) is 239 cm³/mol. The lowest BCUT2D eigenvalue weighted by atomic mass is 9.92. The summed E-state index contributed by atoms with van der Waals surface area (Å²) in [5.74, 6) is 4.12. The molecule has 0 radical (unpaired) electrons. The number of aromatic nitrogens is 1. The minimum absolute atomic E-state index is 0.638. The van der Waals surface area contributed by atoms with Crippen molar-refractivity contribution in [3.05, 3.63) is 119 Å². The molecule has 4 rings (SSSR count). The number of rotatable bonds is 21. The van der Waals surface area contributed by atoms with E-state index < -0.39 is 11.7 Å². The third kappa shape index (κ3) is 11.0. The number of unbranched alkanes of at least 4 members (excludes halogenated alkanes) is 1. The van der Waals surface area contributed by atoms with Crippen LogP contribution in [0.25, 0.3) is 0 Å². The molecule has 0 amide bonds. The first-order valence-electron chi connectivity index (χ1n) is 18.8. The van der Waals surface area contributed by atoms with Crippen LogP contribution in [0.5, 0.6) is 28.7 Å². The number of allylic oxidation sites excluding steroid dienone is 4. The molecule has 296 valence electrons. The van der Waals surface area contributed by atoms with Gasteiger partial charge in [-0.05, 0) is 94.9 Å². The first-order valence-corrected chi connectivity index (χ1v) is 22.9. The van der Waals surface area contributed by atoms with Crippen molar-refractivity contribution in [2.75, 3.05) is 34.2 Å². The van der Waals surface area contributed by atoms with Crippen molar-refractivity contribution in [1.82, 2.24) is 5.06 Å². The van der Waals surface area contributed by atoms with Crippen LogP contribution in [0.15, 0.2) is 103 Å². The molecule has 0 saturated carbocycles. The number of nitrogens with zero attached hydrogens (tertiary/aromatic N) is 2. The number of ether oxygens (including phenoxy) is 4. The normalized spacial score (nSPS) is 13.2. The van der Waals surface area contributed by atoms with E-state index in [-0.39, 0.29) is 0 Å². The second-order valence-electron chi connectivity index (χ2n) is 13.6. The van der Waals surface area contributed by atoms with Gasteiger partial charge in [-0.15, -0.1) is 9.24 Å². The van der Waals surface area contributed by atoms with Crippen LogP contribution in [0.1, 0.15) is 83.0 Å². The van der Waals surface area contributed by atoms with Gasteiger partial charge in [-0.3, -0.25) is 5.32 Å². The number of nitrogens with two attached hydrogens (primary N) is 1. The molecule has 0 saturated heterocycles. The van der Waals surface area contributed by atoms with Gasteiger partial charge in [0.25, 0.3) is 5.66 Å². The largest absolute Gasteiger partial charge is 0.496 e. The van der Waals surface area contributed by atoms with Crippen LogP contribution < -0.4 is 39.0 Å². The van der Waals surface area contributed by atoms with E-state index in [0.29, 0.717) is 29.4 Å². The number of methoxy groups -OCH3 is 4. The molecule has 8 nitrogen and oxygen atoms in total. The maximum absolute atomic E-state index is 7.66. The monoisotopic (exact) mass is 899 g/mol. The highest BCUT2D eigenvalue weighted by molar-refractivity contribution is 14.2. The molecule has 0 aliphatic heterocycles. The van der Waals surface area contributed by atoms with Crippen LogP contribution >= 0.6 is 39.4 Å². The highest BCUT2D eigenvalue weighted by Gasteiger charge is 2.51. The maximum atomic E-state index is 7.66. The zero-order chi connectivity index (χ0) is 40.0. The molecule has 0 aliphatic carbocycles. The SMILES string of the molecule is CC/C=C(C)\C=C(\C)[NH2+]c1cc(CCCC)cc(P)c1ON(C(c1c(OC)cccc1OC)c1c(OC)cccc1OC)C(C)(CCSI)[n+]1ccccc1. The van der Waals surface area contributed by atoms with E-state index >= 15 is 0 Å². The topological polar surface area (TPSA) is 69.9 Å². The molecular formula is C44H59IN3O5PS+2. The second kappa shape index (κ2) is 21.9. The molecule has 2 atom stereocenters. The number of hydrogen-bond acceptors (Lipinski definition) is 7. The maximum Gasteiger partial charge on any atom is 0.253 e. The summed E-state index contributed by atoms with van der Waals surface area (Å²) in [4.78, 5) is 7.66. The minimum Gasteiger partial charge on any atom is -0.496 e. The van der Waals surface area contributed by atoms with Crippen molar-refractivity contribution in [3.63, 3.8) is 0 Å². The van der Waals surface area contributed by atoms with E-state index in [2.05, 4.69) is 129 Å². The summed E-state index contributed by atoms with van der Waals surface area (Å²) in [6.45, 7) is 10.9. The Labute approximate surface area is 347 Å². The molecule has 0 fully saturated rings. The van der Waals surface area contributed by atoms with Crippen LogP contribution in [0, 0.1) is 0 Å². The first-order chi connectivity index (χ1) is 26.6. The van der Waals surface area contributed by atoms with Crippen LogP contribution in [0.4, 0.5) is 5.69 Å². The Morgan fingerprint density at radius 2 is 1.45 bits per heavy atom. The zero-order valence-electron chi connectivity index (χ0n) is 33.9. The van der Waals surface area contributed by atoms with Crippen molar-refractivity contribution >= 4 is 50.4 Å². The smallest absolute Gasteiger partial charge is 0.253 e. The van der Waals surface area contributed by atoms with Gasteiger partial charge in [0.15, 0.2) is 18.1 Å². The van der Waals surface area contributed by atoms with Gasteiger partial charge in [0.1, 0.15) is 34.7 Å². The third-order valence-corrected chi connectivity index (χ3v) is 11.8. The Morgan fingerprint density at radius 1 is 0.891 bits per heavy atom. The lowest BCUT2D eigenvalue weighted by Crippen LogP contribution is -2.75. The number of hydrogen-bond donors (Lipinski definition) is 1. The fraction of sp³-hybridized carbons (Fsp3) is 0.386. The molecule has 0 aliphatic rings. The van der Waals surface area contributed by atoms with Gasteiger partial charge in [-0.1, -0.05) is 58.5 Å². The van der Waals surface area contributed by atoms with Gasteiger partial charge in [0.05, 0.1) is 39.6 Å². The van der Waals surface area contributed by atoms with Crippen molar-refractivity contribution in [1.29, 1.82) is 0 Å². The summed E-state index contributed by atoms with van der Waals surface area (Å²) in [6.07, 6.45) is 13.6. The van der Waals surface area contributed by atoms with Crippen molar-refractivity contribution in [2.24, 2.45) is 0 Å². The molecule has 55 heavy (non-hydrogen) atoms. The van der Waals surface area contributed by atoms with Crippen LogP contribution in [0.3, 0.4) is 0 Å². The number of quaternary nitrogens is 1. The van der Waals surface area contributed by atoms with E-state index in [9.17, 15) is 0 Å². The van der Waals surface area contributed by atoms with Gasteiger partial charge in [-0.2, -0.15) is 4.57 Å². The molecule has 3 aromatic carbocycles. The molecule has 2 unspecified atom stereocenters. The average molecular weight is 900 g/mol. The van der Waals surface area contributed by atoms with E-state index in [1.165, 1.54) is 11.1 Å². The number of benzene rings is 3. The van der Waals surface area contributed by atoms with Gasteiger partial charge in [-0.25, -0.2) is 0 Å². The first kappa shape index (κ1) is 44.4. The molecule has 0 bridgehead atoms. The predicted octanol–water partition coefficient (Wildman–Crippen LogP) is 9.54. The number of halogens is 1. The summed E-state index contributed by atoms with van der Waals surface area (Å²) in [5.41, 5.74) is 5.35. The van der Waals surface area contributed by atoms with Gasteiger partial charge in [0, 0.05) is 49.5 Å². The summed E-state index contributed by atoms with van der Waals surface area (Å²) in [7, 11) is 11.5. The molecule has 11 heteroatoms. The molecular weight excluding hydrogens is 840 g/mol. The zero-order valence-corrected chi connectivity index (χ0v) is 38.0. The van der Waals surface area contributed by atoms with Crippen molar-refractivity contribution in [2.45, 2.75) is 78.4 Å². The van der Waals surface area contributed by atoms with Crippen LogP contribution in [0.2, 0.25) is 0 Å². The Kier molecular flexibility index (Phi) is 17.7. The Balaban J connectivity index is 2.18. The average Bonchev–Trinajstić information content (AvgIpc) is 3.19. The van der Waals surface area contributed by atoms with E-state index in [0.717, 1.165) is 65.0 Å². The van der Waals surface area contributed by atoms with Crippen molar-refractivity contribution < 1.29 is 33.7 Å². The lowest BCUT2D eigenvalue weighted by Gasteiger charge is -2.41. The van der Waals surface area contributed by atoms with Crippen LogP contribution in [-0.2, 0) is 12.1 Å². The number of hydroxylamine groups is 2. The van der Waals surface area contributed by atoms with E-state index in [1.54, 1.807) is 37.4 Å². The second-order valence-corrected chi connectivity index (χ2v) is 16.7. The molecule has 1 heterocycles. The molecule has 4 aromatic rings. The minimum atomic E-state index is -0.803. The summed E-state index contributed by atoms with van der Waals surface area (Å²) in [6, 6.07) is 21.7. The molecule has 0 spiro atoms. The standard InChI is InChI=1S/C44H58IN3O5PS/c1-10-12-19-33-29-34(46-32(4)28-31(3)18-11-2)43(39(54)30-33)53-48(44(5,24-27-55-45)47-25-14-13-15-26-47)42(40-35(49-6)20-16-21-36(40)50-7)41-37(51-8)22-17-23-38(41)52-9/h13-18,20-23,25-26,28-30,42,46H,10-12,19,24,27,54H2,1-9H3/q+1/p+1/b31-18-,32-28-. The van der Waals surface area contributed by atoms with E-state index in [4.69, 9.17) is 23.8 Å². The number of pyridine rings is 1. The summed E-state index contributed by atoms with van der Waals surface area (Å²) >= 11 is 2.38. The number of aryl methyl sites for hydroxylation is 1. The summed E-state index contributed by atoms with van der Waals surface area (Å²) < 4.78 is 26.9. The molecule has 2 N–H and O–H groups in total. The Bertz CT molecular complexity index is 1810. The fourth-order valence-electron chi connectivity index (χ4n) is 7.01. The van der Waals surface area contributed by atoms with E-state index in [1.807, 2.05) is 42.5 Å². The quantitative estimate of drug-likeness (QED) is 0.0223. The highest BCUT2D eigenvalue weighted by Crippen LogP contribution is 2.50. The molecule has 1 aromatic heterocycles. The van der Waals surface area contributed by atoms with Crippen LogP contribution in [-0.4, -0.2) is 39.3 Å². The summed E-state index contributed by atoms with van der Waals surface area (Å²) in [5, 5.41) is 5.30. The third-order valence-electron chi connectivity index (χ3n) is 9.69. The Hall–Kier alpha value is -3.28. The highest BCUT2D eigenvalue weighted by atomic mass is 127. The van der Waals surface area contributed by atoms with Gasteiger partial charge in [0.2, 0.25) is 5.75 Å². The van der Waals surface area contributed by atoms with Crippen molar-refractivity contribution in [3.8, 4) is 28.7 Å². The Morgan fingerprint density at radius 3 is 1.95 bits per heavy atom. The van der Waals surface area contributed by atoms with Gasteiger partial charge < -0.3 is 23.8 Å².